The van der Waals surface area contributed by atoms with Crippen molar-refractivity contribution in [3.63, 3.8) is 0 Å². The number of nitrogens with zero attached hydrogens (tertiary/aromatic N) is 1. The van der Waals surface area contributed by atoms with Crippen LogP contribution in [0.1, 0.15) is 149 Å². The fourth-order valence-corrected chi connectivity index (χ4v) is 5.16. The first-order chi connectivity index (χ1) is 23.4. The van der Waals surface area contributed by atoms with Gasteiger partial charge in [0, 0.05) is 45.3 Å². The van der Waals surface area contributed by atoms with Crippen molar-refractivity contribution in [2.75, 3.05) is 72.5 Å². The lowest BCUT2D eigenvalue weighted by Gasteiger charge is -2.23. The van der Waals surface area contributed by atoms with Gasteiger partial charge >= 0.3 is 0 Å². The molecular weight excluding hydrogens is 612 g/mol. The van der Waals surface area contributed by atoms with E-state index in [4.69, 9.17) is 18.9 Å². The van der Waals surface area contributed by atoms with Gasteiger partial charge in [-0.1, -0.05) is 96.8 Å². The summed E-state index contributed by atoms with van der Waals surface area (Å²) in [6.45, 7) is 9.75. The lowest BCUT2D eigenvalue weighted by atomic mass is 10.0. The summed E-state index contributed by atoms with van der Waals surface area (Å²) in [6.07, 6.45) is 21.8. The van der Waals surface area contributed by atoms with E-state index in [1.54, 1.807) is 4.90 Å². The Morgan fingerprint density at radius 1 is 0.458 bits per heavy atom. The Morgan fingerprint density at radius 2 is 0.854 bits per heavy atom. The monoisotopic (exact) mass is 685 g/mol. The van der Waals surface area contributed by atoms with Crippen molar-refractivity contribution in [1.29, 1.82) is 0 Å². The highest BCUT2D eigenvalue weighted by Crippen LogP contribution is 2.13. The van der Waals surface area contributed by atoms with Crippen LogP contribution >= 0.6 is 0 Å². The third-order valence-corrected chi connectivity index (χ3v) is 8.20. The van der Waals surface area contributed by atoms with E-state index in [2.05, 4.69) is 12.2 Å². The Kier molecular flexibility index (Phi) is 35.0. The maximum atomic E-state index is 12.9. The van der Waals surface area contributed by atoms with Crippen LogP contribution in [0.5, 0.6) is 0 Å². The van der Waals surface area contributed by atoms with E-state index < -0.39 is 0 Å². The zero-order chi connectivity index (χ0) is 35.3. The van der Waals surface area contributed by atoms with Crippen LogP contribution in [0.4, 0.5) is 0 Å². The van der Waals surface area contributed by atoms with E-state index in [0.717, 1.165) is 12.8 Å². The molecule has 0 radical (unpaired) electrons. The SMILES string of the molecule is CCCCCCCCCCCCCCCCCC(=O)NCCCC(=O)N(CCOCCOCCC(C)=O)CCOCCOCCC(C)=O. The minimum Gasteiger partial charge on any atom is -0.379 e. The number of rotatable bonds is 38. The Morgan fingerprint density at radius 3 is 1.27 bits per heavy atom. The Bertz CT molecular complexity index is 750. The van der Waals surface area contributed by atoms with Gasteiger partial charge in [0.2, 0.25) is 11.8 Å². The minimum atomic E-state index is -0.00530. The molecule has 2 amide bonds. The van der Waals surface area contributed by atoms with Gasteiger partial charge in [0.1, 0.15) is 11.6 Å². The van der Waals surface area contributed by atoms with Gasteiger partial charge in [-0.25, -0.2) is 0 Å². The van der Waals surface area contributed by atoms with Crippen LogP contribution in [0.3, 0.4) is 0 Å². The number of nitrogens with one attached hydrogen (secondary N) is 1. The van der Waals surface area contributed by atoms with Gasteiger partial charge in [0.25, 0.3) is 0 Å². The second-order valence-electron chi connectivity index (χ2n) is 12.9. The lowest BCUT2D eigenvalue weighted by molar-refractivity contribution is -0.133. The highest BCUT2D eigenvalue weighted by atomic mass is 16.5. The highest BCUT2D eigenvalue weighted by molar-refractivity contribution is 5.77. The van der Waals surface area contributed by atoms with Crippen molar-refractivity contribution < 1.29 is 38.1 Å². The number of hydrogen-bond donors (Lipinski definition) is 1. The van der Waals surface area contributed by atoms with E-state index in [9.17, 15) is 19.2 Å². The molecule has 1 N–H and O–H groups in total. The fourth-order valence-electron chi connectivity index (χ4n) is 5.16. The summed E-state index contributed by atoms with van der Waals surface area (Å²) in [4.78, 5) is 48.9. The molecule has 0 aromatic rings. The second kappa shape index (κ2) is 36.4. The molecule has 0 aliphatic carbocycles. The van der Waals surface area contributed by atoms with E-state index in [0.29, 0.717) is 105 Å². The third-order valence-electron chi connectivity index (χ3n) is 8.20. The van der Waals surface area contributed by atoms with Gasteiger partial charge in [-0.15, -0.1) is 0 Å². The van der Waals surface area contributed by atoms with Gasteiger partial charge in [-0.05, 0) is 26.7 Å². The van der Waals surface area contributed by atoms with Crippen molar-refractivity contribution in [2.24, 2.45) is 0 Å². The molecule has 0 aromatic heterocycles. The van der Waals surface area contributed by atoms with Gasteiger partial charge in [0.05, 0.1) is 52.9 Å². The summed E-state index contributed by atoms with van der Waals surface area (Å²) in [5.74, 6) is 0.241. The maximum absolute atomic E-state index is 12.9. The van der Waals surface area contributed by atoms with Crippen molar-refractivity contribution >= 4 is 23.4 Å². The topological polar surface area (TPSA) is 120 Å². The highest BCUT2D eigenvalue weighted by Gasteiger charge is 2.13. The van der Waals surface area contributed by atoms with Crippen LogP contribution in [-0.2, 0) is 38.1 Å². The molecule has 0 saturated carbocycles. The standard InChI is InChI=1S/C38H72N2O8/c1-4-5-6-7-8-9-10-11-12-13-14-15-16-17-18-20-37(43)39-24-19-21-38(44)40(25-29-47-33-31-45-27-22-35(2)41)26-30-48-34-32-46-28-23-36(3)42/h4-34H2,1-3H3,(H,39,43). The molecule has 0 spiro atoms. The molecule has 0 saturated heterocycles. The van der Waals surface area contributed by atoms with Gasteiger partial charge in [0.15, 0.2) is 0 Å². The van der Waals surface area contributed by atoms with Crippen molar-refractivity contribution in [1.82, 2.24) is 10.2 Å². The number of Topliss-reactive ketones (excluding diaryl/α,β-unsaturated/α-hetero) is 2. The Labute approximate surface area is 293 Å². The third kappa shape index (κ3) is 35.4. The number of hydrogen-bond acceptors (Lipinski definition) is 8. The summed E-state index contributed by atoms with van der Waals surface area (Å²) >= 11 is 0. The van der Waals surface area contributed by atoms with Crippen LogP contribution in [0, 0.1) is 0 Å². The van der Waals surface area contributed by atoms with Crippen molar-refractivity contribution in [3.05, 3.63) is 0 Å². The lowest BCUT2D eigenvalue weighted by Crippen LogP contribution is -2.37. The number of carbonyl (C=O) groups is 4. The summed E-state index contributed by atoms with van der Waals surface area (Å²) in [5, 5.41) is 2.96. The Hall–Kier alpha value is -1.88. The average molecular weight is 685 g/mol. The van der Waals surface area contributed by atoms with Crippen LogP contribution in [0.25, 0.3) is 0 Å². The molecule has 0 aliphatic heterocycles. The molecule has 0 unspecified atom stereocenters. The molecule has 0 aliphatic rings. The largest absolute Gasteiger partial charge is 0.379 e. The number of amides is 2. The molecule has 48 heavy (non-hydrogen) atoms. The average Bonchev–Trinajstić information content (AvgIpc) is 3.05. The predicted molar refractivity (Wildman–Crippen MR) is 192 cm³/mol. The molecule has 0 heterocycles. The summed E-state index contributed by atoms with van der Waals surface area (Å²) in [6, 6.07) is 0. The van der Waals surface area contributed by atoms with Crippen LogP contribution in [0.2, 0.25) is 0 Å². The van der Waals surface area contributed by atoms with E-state index in [1.807, 2.05) is 0 Å². The maximum Gasteiger partial charge on any atom is 0.222 e. The van der Waals surface area contributed by atoms with E-state index in [1.165, 1.54) is 97.3 Å². The summed E-state index contributed by atoms with van der Waals surface area (Å²) in [5.41, 5.74) is 0. The van der Waals surface area contributed by atoms with Gasteiger partial charge in [-0.3, -0.25) is 19.2 Å². The molecular formula is C38H72N2O8. The summed E-state index contributed by atoms with van der Waals surface area (Å²) < 4.78 is 22.0. The molecule has 0 aromatic carbocycles. The zero-order valence-corrected chi connectivity index (χ0v) is 31.1. The first-order valence-electron chi connectivity index (χ1n) is 19.2. The van der Waals surface area contributed by atoms with Crippen molar-refractivity contribution in [2.45, 2.75) is 149 Å². The Balaban J connectivity index is 4.01. The molecule has 0 atom stereocenters. The quantitative estimate of drug-likeness (QED) is 0.0691. The molecule has 0 rings (SSSR count). The molecule has 10 nitrogen and oxygen atoms in total. The summed E-state index contributed by atoms with van der Waals surface area (Å²) in [7, 11) is 0. The van der Waals surface area contributed by atoms with Crippen LogP contribution in [-0.4, -0.2) is 101 Å². The molecule has 0 fully saturated rings. The van der Waals surface area contributed by atoms with Crippen LogP contribution in [0.15, 0.2) is 0 Å². The number of ether oxygens (including phenoxy) is 4. The second-order valence-corrected chi connectivity index (χ2v) is 12.9. The van der Waals surface area contributed by atoms with Crippen molar-refractivity contribution in [3.8, 4) is 0 Å². The molecule has 10 heteroatoms. The normalized spacial score (nSPS) is 11.1. The fraction of sp³-hybridized carbons (Fsp3) is 0.895. The van der Waals surface area contributed by atoms with Gasteiger partial charge in [-0.2, -0.15) is 0 Å². The predicted octanol–water partition coefficient (Wildman–Crippen LogP) is 7.00. The van der Waals surface area contributed by atoms with E-state index >= 15 is 0 Å². The van der Waals surface area contributed by atoms with Gasteiger partial charge < -0.3 is 29.2 Å². The zero-order valence-electron chi connectivity index (χ0n) is 31.1. The number of unbranched alkanes of at least 4 members (excludes halogenated alkanes) is 14. The smallest absolute Gasteiger partial charge is 0.222 e. The van der Waals surface area contributed by atoms with E-state index in [-0.39, 0.29) is 23.4 Å². The first-order valence-corrected chi connectivity index (χ1v) is 19.2. The number of ketones is 2. The molecule has 282 valence electrons. The molecule has 0 bridgehead atoms. The van der Waals surface area contributed by atoms with Crippen LogP contribution < -0.4 is 5.32 Å². The first kappa shape index (κ1) is 46.1. The number of carbonyl (C=O) groups excluding carboxylic acids is 4. The minimum absolute atomic E-state index is 0.00530.